The number of carbonyl (C=O) groups is 1. The van der Waals surface area contributed by atoms with Crippen molar-refractivity contribution in [1.82, 2.24) is 5.32 Å². The van der Waals surface area contributed by atoms with E-state index in [1.165, 1.54) is 12.1 Å². The zero-order valence-electron chi connectivity index (χ0n) is 10.2. The van der Waals surface area contributed by atoms with Crippen LogP contribution in [0, 0.1) is 11.7 Å². The van der Waals surface area contributed by atoms with Gasteiger partial charge in [-0.05, 0) is 37.0 Å². The third kappa shape index (κ3) is 4.63. The van der Waals surface area contributed by atoms with E-state index in [1.807, 2.05) is 6.92 Å². The second-order valence-corrected chi connectivity index (χ2v) is 4.75. The summed E-state index contributed by atoms with van der Waals surface area (Å²) in [6, 6.07) is 3.96. The van der Waals surface area contributed by atoms with Crippen molar-refractivity contribution in [3.63, 3.8) is 0 Å². The summed E-state index contributed by atoms with van der Waals surface area (Å²) in [6.45, 7) is 2.53. The summed E-state index contributed by atoms with van der Waals surface area (Å²) in [5, 5.41) is 11.7. The Kier molecular flexibility index (Phi) is 6.09. The van der Waals surface area contributed by atoms with Crippen LogP contribution >= 0.6 is 11.6 Å². The van der Waals surface area contributed by atoms with Gasteiger partial charge in [0, 0.05) is 18.2 Å². The van der Waals surface area contributed by atoms with Crippen LogP contribution in [0.5, 0.6) is 0 Å². The lowest BCUT2D eigenvalue weighted by atomic mass is 10.1. The fraction of sp³-hybridized carbons (Fsp3) is 0.462. The number of halogens is 2. The van der Waals surface area contributed by atoms with Crippen LogP contribution in [0.25, 0.3) is 0 Å². The number of aliphatic hydroxyl groups excluding tert-OH is 1. The second kappa shape index (κ2) is 7.34. The Morgan fingerprint density at radius 2 is 2.28 bits per heavy atom. The maximum Gasteiger partial charge on any atom is 0.254 e. The van der Waals surface area contributed by atoms with Gasteiger partial charge in [0.1, 0.15) is 5.82 Å². The molecule has 0 heterocycles. The predicted octanol–water partition coefficient (Wildman–Crippen LogP) is 2.62. The molecule has 1 aromatic rings. The normalized spacial score (nSPS) is 12.2. The summed E-state index contributed by atoms with van der Waals surface area (Å²) in [5.41, 5.74) is -0.00499. The van der Waals surface area contributed by atoms with Crippen LogP contribution in [0.4, 0.5) is 4.39 Å². The Morgan fingerprint density at radius 1 is 1.56 bits per heavy atom. The van der Waals surface area contributed by atoms with Gasteiger partial charge < -0.3 is 10.4 Å². The number of amides is 1. The SMILES string of the molecule is CC(CO)CCCNC(=O)c1ccc(Cl)cc1F. The zero-order chi connectivity index (χ0) is 13.5. The van der Waals surface area contributed by atoms with E-state index in [0.29, 0.717) is 6.54 Å². The van der Waals surface area contributed by atoms with Gasteiger partial charge in [0.05, 0.1) is 5.56 Å². The highest BCUT2D eigenvalue weighted by Gasteiger charge is 2.11. The third-order valence-corrected chi connectivity index (χ3v) is 2.88. The smallest absolute Gasteiger partial charge is 0.254 e. The van der Waals surface area contributed by atoms with Crippen molar-refractivity contribution in [2.24, 2.45) is 5.92 Å². The lowest BCUT2D eigenvalue weighted by molar-refractivity contribution is 0.0948. The highest BCUT2D eigenvalue weighted by molar-refractivity contribution is 6.30. The van der Waals surface area contributed by atoms with Gasteiger partial charge in [-0.2, -0.15) is 0 Å². The van der Waals surface area contributed by atoms with Gasteiger partial charge in [0.25, 0.3) is 5.91 Å². The summed E-state index contributed by atoms with van der Waals surface area (Å²) in [5.74, 6) is -0.848. The fourth-order valence-electron chi connectivity index (χ4n) is 1.51. The maximum atomic E-state index is 13.4. The summed E-state index contributed by atoms with van der Waals surface area (Å²) >= 11 is 5.60. The van der Waals surface area contributed by atoms with E-state index in [1.54, 1.807) is 0 Å². The van der Waals surface area contributed by atoms with Crippen molar-refractivity contribution in [2.75, 3.05) is 13.2 Å². The number of aliphatic hydroxyl groups is 1. The Hall–Kier alpha value is -1.13. The van der Waals surface area contributed by atoms with Crippen LogP contribution in [0.2, 0.25) is 5.02 Å². The van der Waals surface area contributed by atoms with Crippen LogP contribution in [0.15, 0.2) is 18.2 Å². The minimum atomic E-state index is -0.622. The molecule has 0 aliphatic rings. The molecule has 0 saturated carbocycles. The van der Waals surface area contributed by atoms with Crippen LogP contribution in [0.1, 0.15) is 30.1 Å². The van der Waals surface area contributed by atoms with Crippen molar-refractivity contribution in [3.8, 4) is 0 Å². The highest BCUT2D eigenvalue weighted by atomic mass is 35.5. The average molecular weight is 274 g/mol. The van der Waals surface area contributed by atoms with Gasteiger partial charge in [0.2, 0.25) is 0 Å². The molecule has 1 atom stereocenters. The van der Waals surface area contributed by atoms with Gasteiger partial charge >= 0.3 is 0 Å². The third-order valence-electron chi connectivity index (χ3n) is 2.65. The summed E-state index contributed by atoms with van der Waals surface area (Å²) in [7, 11) is 0. The molecule has 0 aromatic heterocycles. The number of hydrogen-bond acceptors (Lipinski definition) is 2. The van der Waals surface area contributed by atoms with Crippen LogP contribution in [-0.2, 0) is 0 Å². The van der Waals surface area contributed by atoms with Crippen LogP contribution in [-0.4, -0.2) is 24.2 Å². The molecule has 1 rings (SSSR count). The molecule has 0 spiro atoms. The van der Waals surface area contributed by atoms with Gasteiger partial charge in [0.15, 0.2) is 0 Å². The second-order valence-electron chi connectivity index (χ2n) is 4.31. The molecule has 0 bridgehead atoms. The van der Waals surface area contributed by atoms with Gasteiger partial charge in [-0.3, -0.25) is 4.79 Å². The number of benzene rings is 1. The Bertz CT molecular complexity index is 412. The molecular weight excluding hydrogens is 257 g/mol. The largest absolute Gasteiger partial charge is 0.396 e. The minimum absolute atomic E-state index is 0.00499. The quantitative estimate of drug-likeness (QED) is 0.783. The van der Waals surface area contributed by atoms with E-state index in [4.69, 9.17) is 16.7 Å². The van der Waals surface area contributed by atoms with E-state index in [2.05, 4.69) is 5.32 Å². The van der Waals surface area contributed by atoms with E-state index in [9.17, 15) is 9.18 Å². The zero-order valence-corrected chi connectivity index (χ0v) is 11.0. The van der Waals surface area contributed by atoms with Crippen LogP contribution < -0.4 is 5.32 Å². The molecule has 0 fully saturated rings. The lowest BCUT2D eigenvalue weighted by Gasteiger charge is -2.09. The molecule has 1 unspecified atom stereocenters. The van der Waals surface area contributed by atoms with E-state index < -0.39 is 11.7 Å². The average Bonchev–Trinajstić information content (AvgIpc) is 2.34. The molecule has 100 valence electrons. The van der Waals surface area contributed by atoms with E-state index in [0.717, 1.165) is 18.9 Å². The van der Waals surface area contributed by atoms with Crippen molar-refractivity contribution >= 4 is 17.5 Å². The molecule has 5 heteroatoms. The van der Waals surface area contributed by atoms with Gasteiger partial charge in [-0.25, -0.2) is 4.39 Å². The number of hydrogen-bond donors (Lipinski definition) is 2. The van der Waals surface area contributed by atoms with Crippen molar-refractivity contribution < 1.29 is 14.3 Å². The van der Waals surface area contributed by atoms with E-state index in [-0.39, 0.29) is 23.1 Å². The van der Waals surface area contributed by atoms with Crippen molar-refractivity contribution in [2.45, 2.75) is 19.8 Å². The molecule has 2 N–H and O–H groups in total. The van der Waals surface area contributed by atoms with Crippen molar-refractivity contribution in [3.05, 3.63) is 34.6 Å². The summed E-state index contributed by atoms with van der Waals surface area (Å²) in [6.07, 6.45) is 1.57. The van der Waals surface area contributed by atoms with E-state index >= 15 is 0 Å². The molecule has 0 saturated heterocycles. The lowest BCUT2D eigenvalue weighted by Crippen LogP contribution is -2.25. The molecule has 0 radical (unpaired) electrons. The van der Waals surface area contributed by atoms with Gasteiger partial charge in [-0.1, -0.05) is 18.5 Å². The summed E-state index contributed by atoms with van der Waals surface area (Å²) in [4.78, 5) is 11.6. The fourth-order valence-corrected chi connectivity index (χ4v) is 1.67. The first-order chi connectivity index (χ1) is 8.54. The first kappa shape index (κ1) is 14.9. The Labute approximate surface area is 111 Å². The van der Waals surface area contributed by atoms with Crippen LogP contribution in [0.3, 0.4) is 0 Å². The standard InChI is InChI=1S/C13H17ClFNO2/c1-9(8-17)3-2-6-16-13(18)11-5-4-10(14)7-12(11)15/h4-5,7,9,17H,2-3,6,8H2,1H3,(H,16,18). The maximum absolute atomic E-state index is 13.4. The summed E-state index contributed by atoms with van der Waals surface area (Å²) < 4.78 is 13.4. The topological polar surface area (TPSA) is 49.3 Å². The monoisotopic (exact) mass is 273 g/mol. The number of rotatable bonds is 6. The predicted molar refractivity (Wildman–Crippen MR) is 69.2 cm³/mol. The van der Waals surface area contributed by atoms with Crippen molar-refractivity contribution in [1.29, 1.82) is 0 Å². The molecule has 1 amide bonds. The van der Waals surface area contributed by atoms with Gasteiger partial charge in [-0.15, -0.1) is 0 Å². The molecule has 0 aliphatic carbocycles. The first-order valence-electron chi connectivity index (χ1n) is 5.88. The Morgan fingerprint density at radius 3 is 2.89 bits per heavy atom. The highest BCUT2D eigenvalue weighted by Crippen LogP contribution is 2.14. The molecule has 1 aromatic carbocycles. The first-order valence-corrected chi connectivity index (χ1v) is 6.26. The minimum Gasteiger partial charge on any atom is -0.396 e. The molecule has 3 nitrogen and oxygen atoms in total. The number of nitrogens with one attached hydrogen (secondary N) is 1. The Balaban J connectivity index is 2.41. The number of carbonyl (C=O) groups excluding carboxylic acids is 1. The molecule has 0 aliphatic heterocycles. The molecular formula is C13H17ClFNO2. The molecule has 18 heavy (non-hydrogen) atoms.